The second-order valence-corrected chi connectivity index (χ2v) is 3.00. The average Bonchev–Trinajstić information content (AvgIpc) is 2.41. The fourth-order valence-electron chi connectivity index (χ4n) is 0.967. The Morgan fingerprint density at radius 1 is 0.750 bits per heavy atom. The summed E-state index contributed by atoms with van der Waals surface area (Å²) in [6.07, 6.45) is 2.82. The highest BCUT2D eigenvalue weighted by molar-refractivity contribution is 5.83. The summed E-state index contributed by atoms with van der Waals surface area (Å²) < 4.78 is 0. The molecule has 0 aliphatic rings. The second kappa shape index (κ2) is 10.1. The van der Waals surface area contributed by atoms with E-state index in [2.05, 4.69) is 9.97 Å². The molecule has 8 nitrogen and oxygen atoms in total. The molecule has 108 valence electrons. The van der Waals surface area contributed by atoms with Crippen molar-refractivity contribution in [1.82, 2.24) is 22.3 Å². The summed E-state index contributed by atoms with van der Waals surface area (Å²) in [6, 6.07) is 9.25. The molecule has 8 N–H and O–H groups in total. The summed E-state index contributed by atoms with van der Waals surface area (Å²) in [6.45, 7) is 0. The van der Waals surface area contributed by atoms with Crippen molar-refractivity contribution in [2.75, 3.05) is 0 Å². The van der Waals surface area contributed by atoms with E-state index in [4.69, 9.17) is 0 Å². The molecular formula is C12H16N4O4. The minimum Gasteiger partial charge on any atom is -0.543 e. The molecule has 2 rings (SSSR count). The lowest BCUT2D eigenvalue weighted by molar-refractivity contribution is -0.256. The summed E-state index contributed by atoms with van der Waals surface area (Å²) in [4.78, 5) is 27.1. The Morgan fingerprint density at radius 2 is 1.10 bits per heavy atom. The third kappa shape index (κ3) is 6.79. The monoisotopic (exact) mass is 280 g/mol. The third-order valence-corrected chi connectivity index (χ3v) is 1.75. The molecule has 2 aromatic rings. The number of pyridine rings is 2. The van der Waals surface area contributed by atoms with Crippen LogP contribution < -0.4 is 22.5 Å². The van der Waals surface area contributed by atoms with Gasteiger partial charge < -0.3 is 32.1 Å². The maximum atomic E-state index is 10.0. The van der Waals surface area contributed by atoms with E-state index in [1.807, 2.05) is 0 Å². The fraction of sp³-hybridized carbons (Fsp3) is 0. The Morgan fingerprint density at radius 3 is 1.25 bits per heavy atom. The lowest BCUT2D eigenvalue weighted by atomic mass is 10.4. The predicted molar refractivity (Wildman–Crippen MR) is 69.1 cm³/mol. The highest BCUT2D eigenvalue weighted by Gasteiger charge is 1.88. The first-order chi connectivity index (χ1) is 8.61. The van der Waals surface area contributed by atoms with Gasteiger partial charge in [0.2, 0.25) is 0 Å². The van der Waals surface area contributed by atoms with Crippen molar-refractivity contribution in [3.8, 4) is 0 Å². The van der Waals surface area contributed by atoms with Crippen LogP contribution in [-0.2, 0) is 0 Å². The number of carboxylic acids is 2. The third-order valence-electron chi connectivity index (χ3n) is 1.75. The zero-order valence-corrected chi connectivity index (χ0v) is 11.1. The molecule has 20 heavy (non-hydrogen) atoms. The van der Waals surface area contributed by atoms with E-state index in [0.29, 0.717) is 0 Å². The molecule has 0 aliphatic heterocycles. The van der Waals surface area contributed by atoms with Gasteiger partial charge in [0.05, 0.1) is 23.3 Å². The number of quaternary nitrogens is 2. The molecule has 0 saturated carbocycles. The molecule has 0 aromatic carbocycles. The average molecular weight is 280 g/mol. The van der Waals surface area contributed by atoms with Crippen LogP contribution in [0.4, 0.5) is 0 Å². The molecule has 0 saturated heterocycles. The molecule has 2 heterocycles. The Kier molecular flexibility index (Phi) is 9.86. The number of carboxylic acid groups (broad SMARTS) is 2. The number of carbonyl (C=O) groups excluding carboxylic acids is 2. The zero-order valence-electron chi connectivity index (χ0n) is 11.1. The van der Waals surface area contributed by atoms with Gasteiger partial charge in [-0.05, 0) is 24.3 Å². The fourth-order valence-corrected chi connectivity index (χ4v) is 0.967. The first-order valence-corrected chi connectivity index (χ1v) is 4.86. The molecule has 0 fully saturated rings. The van der Waals surface area contributed by atoms with Gasteiger partial charge in [-0.3, -0.25) is 9.97 Å². The van der Waals surface area contributed by atoms with E-state index in [-0.39, 0.29) is 23.7 Å². The van der Waals surface area contributed by atoms with Gasteiger partial charge in [-0.1, -0.05) is 12.1 Å². The van der Waals surface area contributed by atoms with Crippen molar-refractivity contribution < 1.29 is 19.8 Å². The molecule has 0 aliphatic carbocycles. The largest absolute Gasteiger partial charge is 0.543 e. The van der Waals surface area contributed by atoms with Crippen LogP contribution in [-0.4, -0.2) is 21.9 Å². The number of aromatic carboxylic acids is 2. The second-order valence-electron chi connectivity index (χ2n) is 3.00. The van der Waals surface area contributed by atoms with Crippen LogP contribution in [0.25, 0.3) is 0 Å². The van der Waals surface area contributed by atoms with Crippen molar-refractivity contribution in [3.63, 3.8) is 0 Å². The lowest BCUT2D eigenvalue weighted by Gasteiger charge is -1.96. The number of rotatable bonds is 2. The van der Waals surface area contributed by atoms with Gasteiger partial charge in [-0.2, -0.15) is 0 Å². The highest BCUT2D eigenvalue weighted by atomic mass is 16.4. The van der Waals surface area contributed by atoms with Gasteiger partial charge in [-0.15, -0.1) is 0 Å². The van der Waals surface area contributed by atoms with E-state index < -0.39 is 11.9 Å². The molecular weight excluding hydrogens is 264 g/mol. The van der Waals surface area contributed by atoms with E-state index in [1.54, 1.807) is 24.3 Å². The van der Waals surface area contributed by atoms with Crippen LogP contribution in [0.2, 0.25) is 0 Å². The first kappa shape index (κ1) is 19.5. The van der Waals surface area contributed by atoms with Crippen molar-refractivity contribution in [2.24, 2.45) is 0 Å². The standard InChI is InChI=1S/2C6H5NO2.2H3N/c2*8-6(9)5-3-1-2-4-7-5;;/h2*1-4H,(H,8,9);2*1H3. The maximum Gasteiger partial charge on any atom is 0.0899 e. The van der Waals surface area contributed by atoms with Gasteiger partial charge in [-0.25, -0.2) is 0 Å². The Balaban J connectivity index is 0. The number of carbonyl (C=O) groups is 2. The molecule has 0 unspecified atom stereocenters. The van der Waals surface area contributed by atoms with Crippen LogP contribution in [0.5, 0.6) is 0 Å². The van der Waals surface area contributed by atoms with Gasteiger partial charge in [0.1, 0.15) is 0 Å². The number of hydrogen-bond donors (Lipinski definition) is 2. The summed E-state index contributed by atoms with van der Waals surface area (Å²) in [5.74, 6) is -2.48. The minimum atomic E-state index is -1.24. The van der Waals surface area contributed by atoms with E-state index in [9.17, 15) is 19.8 Å². The summed E-state index contributed by atoms with van der Waals surface area (Å²) >= 11 is 0. The minimum absolute atomic E-state index is 0. The SMILES string of the molecule is O=C([O-])c1ccccn1.O=C([O-])c1ccccn1.[NH4+].[NH4+]. The van der Waals surface area contributed by atoms with Gasteiger partial charge in [0, 0.05) is 12.4 Å². The van der Waals surface area contributed by atoms with Crippen LogP contribution in [0, 0.1) is 0 Å². The van der Waals surface area contributed by atoms with Crippen molar-refractivity contribution >= 4 is 11.9 Å². The topological polar surface area (TPSA) is 179 Å². The predicted octanol–water partition coefficient (Wildman–Crippen LogP) is -0.357. The van der Waals surface area contributed by atoms with Crippen molar-refractivity contribution in [1.29, 1.82) is 0 Å². The molecule has 0 radical (unpaired) electrons. The highest BCUT2D eigenvalue weighted by Crippen LogP contribution is 1.89. The number of aromatic nitrogens is 2. The van der Waals surface area contributed by atoms with Crippen LogP contribution in [0.1, 0.15) is 21.0 Å². The Labute approximate surface area is 115 Å². The quantitative estimate of drug-likeness (QED) is 0.757. The van der Waals surface area contributed by atoms with Crippen LogP contribution in [0.15, 0.2) is 48.8 Å². The normalized spacial score (nSPS) is 8.00. The molecule has 0 spiro atoms. The Bertz CT molecular complexity index is 470. The van der Waals surface area contributed by atoms with Crippen molar-refractivity contribution in [3.05, 3.63) is 60.2 Å². The lowest BCUT2D eigenvalue weighted by Crippen LogP contribution is -2.23. The molecule has 8 heteroatoms. The van der Waals surface area contributed by atoms with E-state index in [1.165, 1.54) is 24.5 Å². The molecule has 0 amide bonds. The molecule has 2 aromatic heterocycles. The molecule has 0 bridgehead atoms. The summed E-state index contributed by atoms with van der Waals surface area (Å²) in [5, 5.41) is 20.1. The smallest absolute Gasteiger partial charge is 0.0899 e. The van der Waals surface area contributed by atoms with Crippen molar-refractivity contribution in [2.45, 2.75) is 0 Å². The van der Waals surface area contributed by atoms with Gasteiger partial charge in [0.25, 0.3) is 0 Å². The summed E-state index contributed by atoms with van der Waals surface area (Å²) in [5.41, 5.74) is -0.0602. The van der Waals surface area contributed by atoms with Gasteiger partial charge in [0.15, 0.2) is 0 Å². The van der Waals surface area contributed by atoms with Crippen LogP contribution >= 0.6 is 0 Å². The summed E-state index contributed by atoms with van der Waals surface area (Å²) in [7, 11) is 0. The van der Waals surface area contributed by atoms with Gasteiger partial charge >= 0.3 is 0 Å². The number of nitrogens with zero attached hydrogens (tertiary/aromatic N) is 2. The van der Waals surface area contributed by atoms with E-state index >= 15 is 0 Å². The molecule has 0 atom stereocenters. The van der Waals surface area contributed by atoms with E-state index in [0.717, 1.165) is 0 Å². The Hall–Kier alpha value is -2.84. The maximum absolute atomic E-state index is 10.0. The first-order valence-electron chi connectivity index (χ1n) is 4.86. The van der Waals surface area contributed by atoms with Crippen LogP contribution in [0.3, 0.4) is 0 Å². The zero-order chi connectivity index (χ0) is 13.4. The number of hydrogen-bond acceptors (Lipinski definition) is 6.